The fourth-order valence-corrected chi connectivity index (χ4v) is 4.73. The van der Waals surface area contributed by atoms with Gasteiger partial charge in [-0.3, -0.25) is 9.56 Å². The highest BCUT2D eigenvalue weighted by Gasteiger charge is 2.24. The highest BCUT2D eigenvalue weighted by molar-refractivity contribution is 7.98. The van der Waals surface area contributed by atoms with E-state index in [1.165, 1.54) is 4.90 Å². The van der Waals surface area contributed by atoms with Crippen molar-refractivity contribution in [3.63, 3.8) is 0 Å². The lowest BCUT2D eigenvalue weighted by Crippen LogP contribution is -2.09. The molecule has 0 atom stereocenters. The van der Waals surface area contributed by atoms with E-state index >= 15 is 0 Å². The SMILES string of the molecule is Clc1ccc2c(c1)C(c1ccccc1Cl)=NCc1nnc(CSc3ccccc3)n1-2. The van der Waals surface area contributed by atoms with Gasteiger partial charge in [0.1, 0.15) is 12.4 Å². The molecule has 4 aromatic rings. The van der Waals surface area contributed by atoms with Gasteiger partial charge in [-0.25, -0.2) is 0 Å². The first kappa shape index (κ1) is 19.4. The van der Waals surface area contributed by atoms with Crippen LogP contribution in [0.1, 0.15) is 22.8 Å². The Hall–Kier alpha value is -2.60. The summed E-state index contributed by atoms with van der Waals surface area (Å²) in [5.41, 5.74) is 3.56. The summed E-state index contributed by atoms with van der Waals surface area (Å²) in [7, 11) is 0. The van der Waals surface area contributed by atoms with Crippen molar-refractivity contribution < 1.29 is 0 Å². The molecule has 0 N–H and O–H groups in total. The molecule has 2 heterocycles. The topological polar surface area (TPSA) is 43.1 Å². The first-order valence-electron chi connectivity index (χ1n) is 9.41. The summed E-state index contributed by atoms with van der Waals surface area (Å²) >= 11 is 14.6. The van der Waals surface area contributed by atoms with E-state index in [-0.39, 0.29) is 0 Å². The van der Waals surface area contributed by atoms with Crippen LogP contribution in [0.2, 0.25) is 10.0 Å². The van der Waals surface area contributed by atoms with Gasteiger partial charge in [0.25, 0.3) is 0 Å². The molecule has 0 unspecified atom stereocenters. The van der Waals surface area contributed by atoms with Crippen LogP contribution in [0, 0.1) is 0 Å². The van der Waals surface area contributed by atoms with E-state index in [4.69, 9.17) is 28.2 Å². The highest BCUT2D eigenvalue weighted by atomic mass is 35.5. The van der Waals surface area contributed by atoms with Gasteiger partial charge in [-0.2, -0.15) is 0 Å². The minimum absolute atomic E-state index is 0.413. The molecule has 0 aliphatic carbocycles. The summed E-state index contributed by atoms with van der Waals surface area (Å²) in [6.07, 6.45) is 0. The van der Waals surface area contributed by atoms with E-state index in [0.717, 1.165) is 34.2 Å². The van der Waals surface area contributed by atoms with Crippen LogP contribution in [0.15, 0.2) is 82.7 Å². The Morgan fingerprint density at radius 3 is 2.50 bits per heavy atom. The van der Waals surface area contributed by atoms with Crippen molar-refractivity contribution >= 4 is 40.7 Å². The first-order chi connectivity index (χ1) is 14.7. The molecule has 0 spiro atoms. The van der Waals surface area contributed by atoms with Gasteiger partial charge < -0.3 is 0 Å². The number of halogens is 2. The monoisotopic (exact) mass is 450 g/mol. The molecule has 0 radical (unpaired) electrons. The molecule has 30 heavy (non-hydrogen) atoms. The molecule has 0 bridgehead atoms. The van der Waals surface area contributed by atoms with Crippen LogP contribution >= 0.6 is 35.0 Å². The van der Waals surface area contributed by atoms with Gasteiger partial charge in [0.2, 0.25) is 0 Å². The summed E-state index contributed by atoms with van der Waals surface area (Å²) in [5, 5.41) is 10.2. The van der Waals surface area contributed by atoms with E-state index in [1.807, 2.05) is 60.7 Å². The number of nitrogens with zero attached hydrogens (tertiary/aromatic N) is 4. The zero-order chi connectivity index (χ0) is 20.5. The van der Waals surface area contributed by atoms with Crippen molar-refractivity contribution in [2.45, 2.75) is 17.2 Å². The third kappa shape index (κ3) is 3.65. The molecule has 1 aromatic heterocycles. The zero-order valence-electron chi connectivity index (χ0n) is 15.8. The Labute approximate surface area is 188 Å². The Balaban J connectivity index is 1.60. The van der Waals surface area contributed by atoms with Crippen LogP contribution in [-0.2, 0) is 12.3 Å². The van der Waals surface area contributed by atoms with E-state index < -0.39 is 0 Å². The van der Waals surface area contributed by atoms with E-state index in [9.17, 15) is 0 Å². The van der Waals surface area contributed by atoms with Gasteiger partial charge in [-0.1, -0.05) is 59.6 Å². The maximum atomic E-state index is 6.50. The molecule has 148 valence electrons. The predicted molar refractivity (Wildman–Crippen MR) is 123 cm³/mol. The number of fused-ring (bicyclic) bond motifs is 3. The number of aliphatic imine (C=N–C) groups is 1. The minimum Gasteiger partial charge on any atom is -0.280 e. The van der Waals surface area contributed by atoms with Gasteiger partial charge >= 0.3 is 0 Å². The Morgan fingerprint density at radius 2 is 1.67 bits per heavy atom. The van der Waals surface area contributed by atoms with Gasteiger partial charge in [-0.05, 0) is 36.4 Å². The van der Waals surface area contributed by atoms with Crippen molar-refractivity contribution in [1.82, 2.24) is 14.8 Å². The van der Waals surface area contributed by atoms with Gasteiger partial charge in [0.15, 0.2) is 5.82 Å². The quantitative estimate of drug-likeness (QED) is 0.346. The predicted octanol–water partition coefficient (Wildman–Crippen LogP) is 6.22. The number of aromatic nitrogens is 3. The molecule has 7 heteroatoms. The number of hydrogen-bond donors (Lipinski definition) is 0. The lowest BCUT2D eigenvalue weighted by molar-refractivity contribution is 0.859. The van der Waals surface area contributed by atoms with Gasteiger partial charge in [0.05, 0.1) is 17.2 Å². The lowest BCUT2D eigenvalue weighted by Gasteiger charge is -2.14. The van der Waals surface area contributed by atoms with Crippen molar-refractivity contribution in [2.24, 2.45) is 4.99 Å². The fraction of sp³-hybridized carbons (Fsp3) is 0.0870. The third-order valence-corrected chi connectivity index (χ3v) is 6.44. The molecule has 1 aliphatic rings. The molecule has 0 fully saturated rings. The van der Waals surface area contributed by atoms with Crippen molar-refractivity contribution in [1.29, 1.82) is 0 Å². The van der Waals surface area contributed by atoms with Crippen LogP contribution in [0.3, 0.4) is 0 Å². The van der Waals surface area contributed by atoms with E-state index in [2.05, 4.69) is 26.9 Å². The minimum atomic E-state index is 0.413. The lowest BCUT2D eigenvalue weighted by atomic mass is 10.0. The summed E-state index contributed by atoms with van der Waals surface area (Å²) in [4.78, 5) is 6.04. The highest BCUT2D eigenvalue weighted by Crippen LogP contribution is 2.32. The van der Waals surface area contributed by atoms with Gasteiger partial charge in [-0.15, -0.1) is 22.0 Å². The molecule has 3 aromatic carbocycles. The van der Waals surface area contributed by atoms with Crippen LogP contribution in [-0.4, -0.2) is 20.5 Å². The standard InChI is InChI=1S/C23H16Cl2N4S/c24-15-10-11-20-18(12-15)23(17-8-4-5-9-19(17)25)26-13-21-27-28-22(29(20)21)14-30-16-6-2-1-3-7-16/h1-12H,13-14H2. The van der Waals surface area contributed by atoms with Crippen LogP contribution in [0.5, 0.6) is 0 Å². The molecule has 0 saturated carbocycles. The van der Waals surface area contributed by atoms with Gasteiger partial charge in [0, 0.05) is 26.1 Å². The largest absolute Gasteiger partial charge is 0.280 e. The maximum absolute atomic E-state index is 6.50. The van der Waals surface area contributed by atoms with Crippen molar-refractivity contribution in [3.05, 3.63) is 106 Å². The first-order valence-corrected chi connectivity index (χ1v) is 11.2. The zero-order valence-corrected chi connectivity index (χ0v) is 18.1. The van der Waals surface area contributed by atoms with Crippen LogP contribution in [0.25, 0.3) is 5.69 Å². The number of benzene rings is 3. The Kier molecular flexibility index (Phi) is 5.34. The second-order valence-corrected chi connectivity index (χ2v) is 8.67. The molecular formula is C23H16Cl2N4S. The Morgan fingerprint density at radius 1 is 0.867 bits per heavy atom. The molecule has 0 amide bonds. The van der Waals surface area contributed by atoms with Crippen LogP contribution < -0.4 is 0 Å². The number of hydrogen-bond acceptors (Lipinski definition) is 4. The summed E-state index contributed by atoms with van der Waals surface area (Å²) in [6.45, 7) is 0.413. The Bertz CT molecular complexity index is 1250. The summed E-state index contributed by atoms with van der Waals surface area (Å²) in [6, 6.07) is 23.8. The van der Waals surface area contributed by atoms with Crippen molar-refractivity contribution in [2.75, 3.05) is 0 Å². The normalized spacial score (nSPS) is 12.7. The molecule has 1 aliphatic heterocycles. The summed E-state index contributed by atoms with van der Waals surface area (Å²) in [5.74, 6) is 2.36. The molecule has 4 nitrogen and oxygen atoms in total. The van der Waals surface area contributed by atoms with Crippen LogP contribution in [0.4, 0.5) is 0 Å². The van der Waals surface area contributed by atoms with E-state index in [1.54, 1.807) is 11.8 Å². The maximum Gasteiger partial charge on any atom is 0.159 e. The smallest absolute Gasteiger partial charge is 0.159 e. The summed E-state index contributed by atoms with van der Waals surface area (Å²) < 4.78 is 2.09. The average Bonchev–Trinajstić information content (AvgIpc) is 3.10. The second kappa shape index (κ2) is 8.26. The van der Waals surface area contributed by atoms with Crippen molar-refractivity contribution in [3.8, 4) is 5.69 Å². The number of rotatable bonds is 4. The number of thioether (sulfide) groups is 1. The molecular weight excluding hydrogens is 435 g/mol. The molecule has 0 saturated heterocycles. The average molecular weight is 451 g/mol. The van der Waals surface area contributed by atoms with E-state index in [0.29, 0.717) is 22.3 Å². The molecule has 5 rings (SSSR count). The fourth-order valence-electron chi connectivity index (χ4n) is 3.50. The third-order valence-electron chi connectivity index (χ3n) is 4.87. The second-order valence-electron chi connectivity index (χ2n) is 6.78.